The van der Waals surface area contributed by atoms with Crippen LogP contribution in [0.4, 0.5) is 4.79 Å². The van der Waals surface area contributed by atoms with E-state index in [1.165, 1.54) is 25.3 Å². The molecule has 0 fully saturated rings. The van der Waals surface area contributed by atoms with Gasteiger partial charge < -0.3 is 19.7 Å². The maximum absolute atomic E-state index is 12.4. The first-order valence-electron chi connectivity index (χ1n) is 9.00. The largest absolute Gasteiger partial charge is 0.504 e. The van der Waals surface area contributed by atoms with Gasteiger partial charge in [0.1, 0.15) is 6.10 Å². The number of methoxy groups -OCH3 is 1. The molecule has 158 valence electrons. The van der Waals surface area contributed by atoms with Crippen LogP contribution in [0.1, 0.15) is 35.9 Å². The second kappa shape index (κ2) is 9.60. The summed E-state index contributed by atoms with van der Waals surface area (Å²) in [5.74, 6) is -1.76. The summed E-state index contributed by atoms with van der Waals surface area (Å²) in [6.45, 7) is 3.31. The van der Waals surface area contributed by atoms with Crippen LogP contribution < -0.4 is 10.1 Å². The third kappa shape index (κ3) is 5.84. The maximum atomic E-state index is 12.4. The molecule has 2 rings (SSSR count). The van der Waals surface area contributed by atoms with E-state index in [2.05, 4.69) is 5.32 Å². The SMILES string of the molecule is COc1ccc([C@H](OC(=O)NC(=O)c2ccccc2)C(C)(C)/C=C/C(=O)O)cc1O. The quantitative estimate of drug-likeness (QED) is 0.592. The number of amides is 2. The van der Waals surface area contributed by atoms with E-state index in [4.69, 9.17) is 14.6 Å². The Morgan fingerprint density at radius 1 is 1.10 bits per heavy atom. The molecule has 0 spiro atoms. The minimum Gasteiger partial charge on any atom is -0.504 e. The molecule has 1 atom stereocenters. The molecule has 0 bridgehead atoms. The van der Waals surface area contributed by atoms with Gasteiger partial charge in [0.25, 0.3) is 5.91 Å². The summed E-state index contributed by atoms with van der Waals surface area (Å²) in [6, 6.07) is 12.6. The minimum absolute atomic E-state index is 0.178. The smallest absolute Gasteiger partial charge is 0.414 e. The van der Waals surface area contributed by atoms with Gasteiger partial charge in [-0.3, -0.25) is 10.1 Å². The fraction of sp³-hybridized carbons (Fsp3) is 0.227. The lowest BCUT2D eigenvalue weighted by Crippen LogP contribution is -2.35. The summed E-state index contributed by atoms with van der Waals surface area (Å²) >= 11 is 0. The van der Waals surface area contributed by atoms with E-state index in [9.17, 15) is 19.5 Å². The number of carboxylic acids is 1. The lowest BCUT2D eigenvalue weighted by molar-refractivity contribution is -0.131. The van der Waals surface area contributed by atoms with Gasteiger partial charge in [0, 0.05) is 17.1 Å². The van der Waals surface area contributed by atoms with Crippen LogP contribution in [0.5, 0.6) is 11.5 Å². The third-order valence-electron chi connectivity index (χ3n) is 4.31. The van der Waals surface area contributed by atoms with Crippen molar-refractivity contribution < 1.29 is 34.1 Å². The van der Waals surface area contributed by atoms with E-state index >= 15 is 0 Å². The fourth-order valence-electron chi connectivity index (χ4n) is 2.78. The summed E-state index contributed by atoms with van der Waals surface area (Å²) in [6.07, 6.45) is 0.273. The van der Waals surface area contributed by atoms with Crippen molar-refractivity contribution in [2.45, 2.75) is 20.0 Å². The molecule has 0 aliphatic carbocycles. The number of carbonyl (C=O) groups is 3. The van der Waals surface area contributed by atoms with Crippen molar-refractivity contribution in [1.29, 1.82) is 0 Å². The number of benzene rings is 2. The van der Waals surface area contributed by atoms with Crippen molar-refractivity contribution in [1.82, 2.24) is 5.32 Å². The normalized spacial score (nSPS) is 12.2. The molecule has 2 aromatic rings. The highest BCUT2D eigenvalue weighted by molar-refractivity contribution is 6.02. The molecule has 8 heteroatoms. The number of carbonyl (C=O) groups excluding carboxylic acids is 2. The summed E-state index contributed by atoms with van der Waals surface area (Å²) in [5.41, 5.74) is -0.333. The first-order chi connectivity index (χ1) is 14.1. The number of alkyl carbamates (subject to hydrolysis) is 1. The topological polar surface area (TPSA) is 122 Å². The third-order valence-corrected chi connectivity index (χ3v) is 4.31. The van der Waals surface area contributed by atoms with Gasteiger partial charge in [-0.25, -0.2) is 9.59 Å². The van der Waals surface area contributed by atoms with Crippen LogP contribution in [0.2, 0.25) is 0 Å². The molecule has 0 unspecified atom stereocenters. The second-order valence-electron chi connectivity index (χ2n) is 7.03. The highest BCUT2D eigenvalue weighted by Gasteiger charge is 2.33. The average molecular weight is 413 g/mol. The number of carboxylic acid groups (broad SMARTS) is 1. The Bertz CT molecular complexity index is 951. The minimum atomic E-state index is -1.16. The summed E-state index contributed by atoms with van der Waals surface area (Å²) in [7, 11) is 1.39. The number of aromatic hydroxyl groups is 1. The van der Waals surface area contributed by atoms with Gasteiger partial charge in [-0.05, 0) is 29.8 Å². The highest BCUT2D eigenvalue weighted by atomic mass is 16.6. The molecular formula is C22H23NO7. The van der Waals surface area contributed by atoms with Crippen molar-refractivity contribution in [2.24, 2.45) is 5.41 Å². The predicted molar refractivity (Wildman–Crippen MR) is 108 cm³/mol. The zero-order valence-electron chi connectivity index (χ0n) is 16.8. The molecule has 0 radical (unpaired) electrons. The number of hydrogen-bond acceptors (Lipinski definition) is 6. The molecular weight excluding hydrogens is 390 g/mol. The second-order valence-corrected chi connectivity index (χ2v) is 7.03. The van der Waals surface area contributed by atoms with Gasteiger partial charge >= 0.3 is 12.1 Å². The molecule has 30 heavy (non-hydrogen) atoms. The molecule has 0 saturated carbocycles. The fourth-order valence-corrected chi connectivity index (χ4v) is 2.78. The molecule has 0 aliphatic heterocycles. The Labute approximate surface area is 173 Å². The van der Waals surface area contributed by atoms with Crippen LogP contribution in [0.25, 0.3) is 0 Å². The number of phenols is 1. The Hall–Kier alpha value is -3.81. The molecule has 0 aromatic heterocycles. The molecule has 2 aromatic carbocycles. The standard InChI is InChI=1S/C22H23NO7/c1-22(2,12-11-18(25)26)19(15-9-10-17(29-3)16(24)13-15)30-21(28)23-20(27)14-7-5-4-6-8-14/h4-13,19,24H,1-3H3,(H,25,26)(H,23,27,28)/b12-11+/t19-/m0/s1. The van der Waals surface area contributed by atoms with E-state index in [0.29, 0.717) is 5.56 Å². The Kier molecular flexibility index (Phi) is 7.19. The van der Waals surface area contributed by atoms with E-state index in [1.807, 2.05) is 0 Å². The summed E-state index contributed by atoms with van der Waals surface area (Å²) in [5, 5.41) is 21.2. The Morgan fingerprint density at radius 2 is 1.77 bits per heavy atom. The van der Waals surface area contributed by atoms with Crippen LogP contribution in [-0.4, -0.2) is 35.3 Å². The van der Waals surface area contributed by atoms with Gasteiger partial charge in [0.15, 0.2) is 11.5 Å². The number of ether oxygens (including phenoxy) is 2. The van der Waals surface area contributed by atoms with E-state index in [0.717, 1.165) is 6.08 Å². The lowest BCUT2D eigenvalue weighted by atomic mass is 9.82. The van der Waals surface area contributed by atoms with Crippen LogP contribution in [-0.2, 0) is 9.53 Å². The van der Waals surface area contributed by atoms with Gasteiger partial charge in [-0.2, -0.15) is 0 Å². The van der Waals surface area contributed by atoms with Crippen molar-refractivity contribution in [3.63, 3.8) is 0 Å². The average Bonchev–Trinajstić information content (AvgIpc) is 2.71. The lowest BCUT2D eigenvalue weighted by Gasteiger charge is -2.31. The number of rotatable bonds is 7. The van der Waals surface area contributed by atoms with Gasteiger partial charge in [-0.15, -0.1) is 0 Å². The first kappa shape index (κ1) is 22.5. The highest BCUT2D eigenvalue weighted by Crippen LogP contribution is 2.40. The number of phenolic OH excluding ortho intramolecular Hbond substituents is 1. The molecule has 0 heterocycles. The van der Waals surface area contributed by atoms with Gasteiger partial charge in [0.05, 0.1) is 7.11 Å². The number of hydrogen-bond donors (Lipinski definition) is 3. The number of imide groups is 1. The van der Waals surface area contributed by atoms with Gasteiger partial charge in [0.2, 0.25) is 0 Å². The van der Waals surface area contributed by atoms with E-state index in [1.54, 1.807) is 50.2 Å². The van der Waals surface area contributed by atoms with Crippen molar-refractivity contribution in [3.05, 3.63) is 71.8 Å². The maximum Gasteiger partial charge on any atom is 0.414 e. The molecule has 8 nitrogen and oxygen atoms in total. The molecule has 0 aliphatic rings. The number of nitrogens with one attached hydrogen (secondary N) is 1. The first-order valence-corrected chi connectivity index (χ1v) is 9.00. The van der Waals surface area contributed by atoms with Crippen molar-refractivity contribution >= 4 is 18.0 Å². The van der Waals surface area contributed by atoms with Gasteiger partial charge in [-0.1, -0.05) is 44.2 Å². The van der Waals surface area contributed by atoms with Crippen molar-refractivity contribution in [3.8, 4) is 11.5 Å². The van der Waals surface area contributed by atoms with E-state index in [-0.39, 0.29) is 17.1 Å². The zero-order valence-corrected chi connectivity index (χ0v) is 16.8. The predicted octanol–water partition coefficient (Wildman–Crippen LogP) is 3.68. The Morgan fingerprint density at radius 3 is 2.33 bits per heavy atom. The van der Waals surface area contributed by atoms with Crippen LogP contribution >= 0.6 is 0 Å². The molecule has 3 N–H and O–H groups in total. The number of aliphatic carboxylic acids is 1. The van der Waals surface area contributed by atoms with Crippen molar-refractivity contribution in [2.75, 3.05) is 7.11 Å². The zero-order chi connectivity index (χ0) is 22.3. The van der Waals surface area contributed by atoms with Crippen LogP contribution in [0.3, 0.4) is 0 Å². The summed E-state index contributed by atoms with van der Waals surface area (Å²) < 4.78 is 10.5. The van der Waals surface area contributed by atoms with Crippen LogP contribution in [0.15, 0.2) is 60.7 Å². The van der Waals surface area contributed by atoms with Crippen LogP contribution in [0, 0.1) is 5.41 Å². The Balaban J connectivity index is 2.31. The van der Waals surface area contributed by atoms with E-state index < -0.39 is 29.5 Å². The molecule has 2 amide bonds. The summed E-state index contributed by atoms with van der Waals surface area (Å²) in [4.78, 5) is 35.6. The molecule has 0 saturated heterocycles. The monoisotopic (exact) mass is 413 g/mol.